The number of fused-ring (bicyclic) bond motifs is 1. The van der Waals surface area contributed by atoms with Crippen LogP contribution in [0.15, 0.2) is 24.3 Å². The van der Waals surface area contributed by atoms with Crippen molar-refractivity contribution in [1.29, 1.82) is 0 Å². The van der Waals surface area contributed by atoms with Crippen LogP contribution in [0, 0.1) is 26.7 Å². The van der Waals surface area contributed by atoms with Crippen LogP contribution in [-0.4, -0.2) is 15.0 Å². The first-order valence-corrected chi connectivity index (χ1v) is 8.32. The molecule has 3 rings (SSSR count). The minimum Gasteiger partial charge on any atom is -0.363 e. The number of rotatable bonds is 3. The third-order valence-electron chi connectivity index (χ3n) is 4.44. The first-order valence-electron chi connectivity index (χ1n) is 8.32. The van der Waals surface area contributed by atoms with Crippen molar-refractivity contribution in [2.24, 2.45) is 0 Å². The Morgan fingerprint density at radius 1 is 1.04 bits per heavy atom. The van der Waals surface area contributed by atoms with E-state index in [0.717, 1.165) is 6.07 Å². The van der Waals surface area contributed by atoms with Crippen molar-refractivity contribution in [3.05, 3.63) is 58.4 Å². The maximum atomic E-state index is 13.8. The van der Waals surface area contributed by atoms with E-state index in [-0.39, 0.29) is 5.56 Å². The molecule has 0 amide bonds. The molecule has 1 unspecified atom stereocenters. The Hall–Kier alpha value is -2.77. The first kappa shape index (κ1) is 19.0. The summed E-state index contributed by atoms with van der Waals surface area (Å²) < 4.78 is 53.3. The van der Waals surface area contributed by atoms with E-state index in [2.05, 4.69) is 20.3 Å². The standard InChI is InChI=1S/C19H18F4N4/c1-9-13(6-5-7-15(9)19(21,22)23)10(2)25-18-14-8-16(20)24-11(3)17(14)26-12(4)27-18/h5-8,10H,1-4H3,(H,25,26,27). The van der Waals surface area contributed by atoms with Crippen LogP contribution in [0.1, 0.15) is 41.2 Å². The van der Waals surface area contributed by atoms with E-state index in [1.165, 1.54) is 19.1 Å². The smallest absolute Gasteiger partial charge is 0.363 e. The molecule has 0 spiro atoms. The summed E-state index contributed by atoms with van der Waals surface area (Å²) >= 11 is 0. The Morgan fingerprint density at radius 2 is 1.74 bits per heavy atom. The number of anilines is 1. The number of hydrogen-bond donors (Lipinski definition) is 1. The van der Waals surface area contributed by atoms with E-state index in [4.69, 9.17) is 0 Å². The lowest BCUT2D eigenvalue weighted by atomic mass is 9.97. The summed E-state index contributed by atoms with van der Waals surface area (Å²) in [7, 11) is 0. The highest BCUT2D eigenvalue weighted by atomic mass is 19.4. The zero-order chi connectivity index (χ0) is 19.9. The zero-order valence-electron chi connectivity index (χ0n) is 15.2. The van der Waals surface area contributed by atoms with Gasteiger partial charge in [-0.15, -0.1) is 0 Å². The Labute approximate surface area is 153 Å². The van der Waals surface area contributed by atoms with Crippen LogP contribution < -0.4 is 5.32 Å². The molecular formula is C19H18F4N4. The number of aryl methyl sites for hydroxylation is 2. The van der Waals surface area contributed by atoms with Crippen LogP contribution in [0.3, 0.4) is 0 Å². The van der Waals surface area contributed by atoms with Gasteiger partial charge in [-0.3, -0.25) is 0 Å². The third-order valence-corrected chi connectivity index (χ3v) is 4.44. The molecule has 4 nitrogen and oxygen atoms in total. The highest BCUT2D eigenvalue weighted by Crippen LogP contribution is 2.35. The molecule has 27 heavy (non-hydrogen) atoms. The molecule has 3 aromatic rings. The quantitative estimate of drug-likeness (QED) is 0.498. The van der Waals surface area contributed by atoms with Crippen molar-refractivity contribution >= 4 is 16.7 Å². The molecule has 0 aliphatic heterocycles. The van der Waals surface area contributed by atoms with Crippen molar-refractivity contribution in [3.63, 3.8) is 0 Å². The largest absolute Gasteiger partial charge is 0.416 e. The van der Waals surface area contributed by atoms with E-state index in [1.807, 2.05) is 0 Å². The Kier molecular flexibility index (Phi) is 4.75. The van der Waals surface area contributed by atoms with Gasteiger partial charge in [0.2, 0.25) is 5.95 Å². The lowest BCUT2D eigenvalue weighted by molar-refractivity contribution is -0.138. The topological polar surface area (TPSA) is 50.7 Å². The molecular weight excluding hydrogens is 360 g/mol. The molecule has 0 radical (unpaired) electrons. The summed E-state index contributed by atoms with van der Waals surface area (Å²) in [6.45, 7) is 6.50. The van der Waals surface area contributed by atoms with Crippen LogP contribution in [0.5, 0.6) is 0 Å². The molecule has 142 valence electrons. The van der Waals surface area contributed by atoms with Crippen LogP contribution in [0.25, 0.3) is 10.9 Å². The monoisotopic (exact) mass is 378 g/mol. The van der Waals surface area contributed by atoms with E-state index < -0.39 is 23.7 Å². The summed E-state index contributed by atoms with van der Waals surface area (Å²) in [5.41, 5.74) is 0.869. The number of benzene rings is 1. The van der Waals surface area contributed by atoms with Crippen LogP contribution in [0.4, 0.5) is 23.4 Å². The van der Waals surface area contributed by atoms with E-state index in [9.17, 15) is 17.6 Å². The molecule has 1 N–H and O–H groups in total. The summed E-state index contributed by atoms with van der Waals surface area (Å²) in [5.74, 6) is 0.138. The van der Waals surface area contributed by atoms with E-state index in [1.54, 1.807) is 26.8 Å². The average Bonchev–Trinajstić information content (AvgIpc) is 2.55. The second-order valence-corrected chi connectivity index (χ2v) is 6.43. The molecule has 1 atom stereocenters. The number of nitrogens with one attached hydrogen (secondary N) is 1. The van der Waals surface area contributed by atoms with E-state index >= 15 is 0 Å². The normalized spacial score (nSPS) is 13.0. The van der Waals surface area contributed by atoms with Crippen molar-refractivity contribution in [2.75, 3.05) is 5.32 Å². The fourth-order valence-corrected chi connectivity index (χ4v) is 3.18. The Balaban J connectivity index is 2.06. The number of alkyl halides is 3. The predicted molar refractivity (Wildman–Crippen MR) is 95.0 cm³/mol. The first-order chi connectivity index (χ1) is 12.6. The number of halogens is 4. The zero-order valence-corrected chi connectivity index (χ0v) is 15.2. The van der Waals surface area contributed by atoms with E-state index in [0.29, 0.717) is 33.8 Å². The molecule has 2 heterocycles. The minimum absolute atomic E-state index is 0.143. The summed E-state index contributed by atoms with van der Waals surface area (Å²) in [6.07, 6.45) is -4.43. The molecule has 1 aromatic carbocycles. The van der Waals surface area contributed by atoms with Gasteiger partial charge in [0.15, 0.2) is 0 Å². The predicted octanol–water partition coefficient (Wildman–Crippen LogP) is 5.28. The Bertz CT molecular complexity index is 1010. The van der Waals surface area contributed by atoms with Gasteiger partial charge in [-0.25, -0.2) is 15.0 Å². The minimum atomic E-state index is -4.43. The van der Waals surface area contributed by atoms with Gasteiger partial charge in [0.05, 0.1) is 22.8 Å². The summed E-state index contributed by atoms with van der Waals surface area (Å²) in [4.78, 5) is 12.4. The van der Waals surface area contributed by atoms with Crippen molar-refractivity contribution < 1.29 is 17.6 Å². The molecule has 0 bridgehead atoms. The number of hydrogen-bond acceptors (Lipinski definition) is 4. The van der Waals surface area contributed by atoms with Gasteiger partial charge in [-0.05, 0) is 44.9 Å². The molecule has 0 fully saturated rings. The van der Waals surface area contributed by atoms with Gasteiger partial charge in [-0.2, -0.15) is 17.6 Å². The average molecular weight is 378 g/mol. The number of nitrogens with zero attached hydrogens (tertiary/aromatic N) is 3. The molecule has 0 aliphatic carbocycles. The van der Waals surface area contributed by atoms with Gasteiger partial charge < -0.3 is 5.32 Å². The fraction of sp³-hybridized carbons (Fsp3) is 0.316. The van der Waals surface area contributed by atoms with Gasteiger partial charge in [0.25, 0.3) is 0 Å². The second-order valence-electron chi connectivity index (χ2n) is 6.43. The molecule has 0 aliphatic rings. The third kappa shape index (κ3) is 3.70. The van der Waals surface area contributed by atoms with Crippen LogP contribution >= 0.6 is 0 Å². The molecule has 0 saturated heterocycles. The highest BCUT2D eigenvalue weighted by Gasteiger charge is 2.33. The molecule has 2 aromatic heterocycles. The van der Waals surface area contributed by atoms with Gasteiger partial charge >= 0.3 is 6.18 Å². The number of aromatic nitrogens is 3. The fourth-order valence-electron chi connectivity index (χ4n) is 3.18. The SMILES string of the molecule is Cc1nc(NC(C)c2cccc(C(F)(F)F)c2C)c2cc(F)nc(C)c2n1. The Morgan fingerprint density at radius 3 is 2.41 bits per heavy atom. The van der Waals surface area contributed by atoms with Crippen molar-refractivity contribution in [3.8, 4) is 0 Å². The van der Waals surface area contributed by atoms with Crippen molar-refractivity contribution in [1.82, 2.24) is 15.0 Å². The molecule has 8 heteroatoms. The van der Waals surface area contributed by atoms with Crippen LogP contribution in [0.2, 0.25) is 0 Å². The van der Waals surface area contributed by atoms with Gasteiger partial charge in [0, 0.05) is 11.5 Å². The summed E-state index contributed by atoms with van der Waals surface area (Å²) in [6, 6.07) is 4.80. The maximum absolute atomic E-state index is 13.8. The lowest BCUT2D eigenvalue weighted by Crippen LogP contribution is -2.15. The second kappa shape index (κ2) is 6.75. The van der Waals surface area contributed by atoms with Gasteiger partial charge in [0.1, 0.15) is 11.6 Å². The lowest BCUT2D eigenvalue weighted by Gasteiger charge is -2.21. The highest BCUT2D eigenvalue weighted by molar-refractivity contribution is 5.90. The molecule has 0 saturated carbocycles. The van der Waals surface area contributed by atoms with Crippen LogP contribution in [-0.2, 0) is 6.18 Å². The number of pyridine rings is 1. The van der Waals surface area contributed by atoms with Gasteiger partial charge in [-0.1, -0.05) is 12.1 Å². The maximum Gasteiger partial charge on any atom is 0.416 e. The van der Waals surface area contributed by atoms with Crippen molar-refractivity contribution in [2.45, 2.75) is 39.9 Å². The summed E-state index contributed by atoms with van der Waals surface area (Å²) in [5, 5.41) is 3.54.